The average molecular weight is 349 g/mol. The lowest BCUT2D eigenvalue weighted by molar-refractivity contribution is -0.385. The fourth-order valence-electron chi connectivity index (χ4n) is 2.28. The Morgan fingerprint density at radius 3 is 2.50 bits per heavy atom. The van der Waals surface area contributed by atoms with Gasteiger partial charge in [0, 0.05) is 22.8 Å². The molecule has 0 saturated carbocycles. The SMILES string of the molecule is CC(C)N(C(=O)COc1ccc(Cl)cc1[N+](=O)[O-])c1ccccc1. The first-order valence-corrected chi connectivity index (χ1v) is 7.72. The number of carbonyl (C=O) groups is 1. The number of halogens is 1. The van der Waals surface area contributed by atoms with E-state index < -0.39 is 4.92 Å². The number of anilines is 1. The van der Waals surface area contributed by atoms with Gasteiger partial charge in [-0.2, -0.15) is 0 Å². The highest BCUT2D eigenvalue weighted by atomic mass is 35.5. The van der Waals surface area contributed by atoms with Crippen molar-refractivity contribution in [3.8, 4) is 5.75 Å². The number of nitro benzene ring substituents is 1. The molecule has 0 aliphatic heterocycles. The fraction of sp³-hybridized carbons (Fsp3) is 0.235. The van der Waals surface area contributed by atoms with Gasteiger partial charge in [0.25, 0.3) is 5.91 Å². The lowest BCUT2D eigenvalue weighted by atomic mass is 10.2. The number of hydrogen-bond donors (Lipinski definition) is 0. The summed E-state index contributed by atoms with van der Waals surface area (Å²) in [5.41, 5.74) is 0.470. The van der Waals surface area contributed by atoms with Gasteiger partial charge in [-0.1, -0.05) is 29.8 Å². The summed E-state index contributed by atoms with van der Waals surface area (Å²) >= 11 is 5.76. The zero-order valence-electron chi connectivity index (χ0n) is 13.3. The van der Waals surface area contributed by atoms with Crippen LogP contribution >= 0.6 is 11.6 Å². The number of rotatable bonds is 6. The largest absolute Gasteiger partial charge is 0.477 e. The molecule has 0 aliphatic rings. The minimum absolute atomic E-state index is 0.00881. The second kappa shape index (κ2) is 7.79. The van der Waals surface area contributed by atoms with Crippen molar-refractivity contribution in [1.29, 1.82) is 0 Å². The standard InChI is InChI=1S/C17H17ClN2O4/c1-12(2)19(14-6-4-3-5-7-14)17(21)11-24-16-9-8-13(18)10-15(16)20(22)23/h3-10,12H,11H2,1-2H3. The van der Waals surface area contributed by atoms with E-state index in [-0.39, 0.29) is 35.0 Å². The smallest absolute Gasteiger partial charge is 0.312 e. The van der Waals surface area contributed by atoms with Crippen LogP contribution in [-0.2, 0) is 4.79 Å². The van der Waals surface area contributed by atoms with E-state index in [1.165, 1.54) is 18.2 Å². The number of benzene rings is 2. The van der Waals surface area contributed by atoms with Crippen molar-refractivity contribution >= 4 is 28.9 Å². The van der Waals surface area contributed by atoms with Crippen LogP contribution in [-0.4, -0.2) is 23.5 Å². The predicted molar refractivity (Wildman–Crippen MR) is 92.7 cm³/mol. The van der Waals surface area contributed by atoms with Crippen molar-refractivity contribution in [2.24, 2.45) is 0 Å². The molecule has 0 spiro atoms. The summed E-state index contributed by atoms with van der Waals surface area (Å²) in [7, 11) is 0. The van der Waals surface area contributed by atoms with Crippen LogP contribution in [0.1, 0.15) is 13.8 Å². The van der Waals surface area contributed by atoms with E-state index in [0.29, 0.717) is 0 Å². The second-order valence-electron chi connectivity index (χ2n) is 5.35. The van der Waals surface area contributed by atoms with Gasteiger partial charge in [-0.05, 0) is 38.1 Å². The van der Waals surface area contributed by atoms with Gasteiger partial charge >= 0.3 is 5.69 Å². The van der Waals surface area contributed by atoms with Crippen LogP contribution < -0.4 is 9.64 Å². The number of nitro groups is 1. The van der Waals surface area contributed by atoms with Crippen molar-refractivity contribution < 1.29 is 14.5 Å². The summed E-state index contributed by atoms with van der Waals surface area (Å²) < 4.78 is 5.38. The first kappa shape index (κ1) is 17.7. The van der Waals surface area contributed by atoms with Gasteiger partial charge in [0.15, 0.2) is 12.4 Å². The third kappa shape index (κ3) is 4.23. The molecule has 2 aromatic rings. The molecule has 2 rings (SSSR count). The Bertz CT molecular complexity index is 735. The molecule has 0 fully saturated rings. The van der Waals surface area contributed by atoms with E-state index in [0.717, 1.165) is 5.69 Å². The highest BCUT2D eigenvalue weighted by molar-refractivity contribution is 6.30. The van der Waals surface area contributed by atoms with Crippen LogP contribution in [0.4, 0.5) is 11.4 Å². The first-order valence-electron chi connectivity index (χ1n) is 7.34. The molecular formula is C17H17ClN2O4. The maximum atomic E-state index is 12.5. The van der Waals surface area contributed by atoms with E-state index in [1.54, 1.807) is 4.90 Å². The van der Waals surface area contributed by atoms with Gasteiger partial charge < -0.3 is 9.64 Å². The maximum Gasteiger partial charge on any atom is 0.312 e. The third-order valence-corrected chi connectivity index (χ3v) is 3.52. The minimum Gasteiger partial charge on any atom is -0.477 e. The van der Waals surface area contributed by atoms with Gasteiger partial charge in [-0.15, -0.1) is 0 Å². The molecule has 1 amide bonds. The van der Waals surface area contributed by atoms with Crippen LogP contribution in [0.15, 0.2) is 48.5 Å². The molecule has 0 radical (unpaired) electrons. The number of carbonyl (C=O) groups excluding carboxylic acids is 1. The van der Waals surface area contributed by atoms with Gasteiger partial charge in [-0.3, -0.25) is 14.9 Å². The Labute approximate surface area is 144 Å². The lowest BCUT2D eigenvalue weighted by Gasteiger charge is -2.26. The Balaban J connectivity index is 2.16. The number of nitrogens with zero attached hydrogens (tertiary/aromatic N) is 2. The number of amides is 1. The zero-order chi connectivity index (χ0) is 17.7. The molecule has 0 atom stereocenters. The molecule has 0 N–H and O–H groups in total. The summed E-state index contributed by atoms with van der Waals surface area (Å²) in [5.74, 6) is -0.282. The Morgan fingerprint density at radius 2 is 1.92 bits per heavy atom. The van der Waals surface area contributed by atoms with Crippen LogP contribution in [0.2, 0.25) is 5.02 Å². The average Bonchev–Trinajstić information content (AvgIpc) is 2.54. The molecule has 0 bridgehead atoms. The monoisotopic (exact) mass is 348 g/mol. The van der Waals surface area contributed by atoms with E-state index >= 15 is 0 Å². The van der Waals surface area contributed by atoms with E-state index in [2.05, 4.69) is 0 Å². The molecule has 0 aliphatic carbocycles. The molecule has 24 heavy (non-hydrogen) atoms. The molecule has 0 heterocycles. The second-order valence-corrected chi connectivity index (χ2v) is 5.79. The van der Waals surface area contributed by atoms with Crippen molar-refractivity contribution in [3.63, 3.8) is 0 Å². The van der Waals surface area contributed by atoms with Crippen molar-refractivity contribution in [2.45, 2.75) is 19.9 Å². The summed E-state index contributed by atoms with van der Waals surface area (Å²) in [4.78, 5) is 24.6. The highest BCUT2D eigenvalue weighted by Crippen LogP contribution is 2.30. The number of para-hydroxylation sites is 1. The minimum atomic E-state index is -0.594. The van der Waals surface area contributed by atoms with E-state index in [1.807, 2.05) is 44.2 Å². The van der Waals surface area contributed by atoms with Gasteiger partial charge in [0.2, 0.25) is 0 Å². The molecule has 0 aromatic heterocycles. The summed E-state index contributed by atoms with van der Waals surface area (Å²) in [6.45, 7) is 3.46. The molecule has 7 heteroatoms. The molecule has 6 nitrogen and oxygen atoms in total. The number of hydrogen-bond acceptors (Lipinski definition) is 4. The molecular weight excluding hydrogens is 332 g/mol. The third-order valence-electron chi connectivity index (χ3n) is 3.29. The quantitative estimate of drug-likeness (QED) is 0.582. The van der Waals surface area contributed by atoms with Gasteiger partial charge in [0.05, 0.1) is 4.92 Å². The van der Waals surface area contributed by atoms with Crippen LogP contribution in [0.3, 0.4) is 0 Å². The summed E-state index contributed by atoms with van der Waals surface area (Å²) in [6.07, 6.45) is 0. The van der Waals surface area contributed by atoms with Crippen molar-refractivity contribution in [3.05, 3.63) is 63.7 Å². The summed E-state index contributed by atoms with van der Waals surface area (Å²) in [6, 6.07) is 13.2. The zero-order valence-corrected chi connectivity index (χ0v) is 14.1. The highest BCUT2D eigenvalue weighted by Gasteiger charge is 2.22. The summed E-state index contributed by atoms with van der Waals surface area (Å²) in [5, 5.41) is 11.3. The maximum absolute atomic E-state index is 12.5. The molecule has 0 unspecified atom stereocenters. The normalized spacial score (nSPS) is 10.5. The molecule has 2 aromatic carbocycles. The van der Waals surface area contributed by atoms with Crippen LogP contribution in [0.5, 0.6) is 5.75 Å². The molecule has 126 valence electrons. The van der Waals surface area contributed by atoms with Crippen molar-refractivity contribution in [2.75, 3.05) is 11.5 Å². The Kier molecular flexibility index (Phi) is 5.76. The van der Waals surface area contributed by atoms with Crippen molar-refractivity contribution in [1.82, 2.24) is 0 Å². The fourth-order valence-corrected chi connectivity index (χ4v) is 2.45. The van der Waals surface area contributed by atoms with Gasteiger partial charge in [0.1, 0.15) is 0 Å². The Morgan fingerprint density at radius 1 is 1.25 bits per heavy atom. The molecule has 0 saturated heterocycles. The first-order chi connectivity index (χ1) is 11.4. The topological polar surface area (TPSA) is 72.7 Å². The predicted octanol–water partition coefficient (Wildman–Crippen LogP) is 4.07. The van der Waals surface area contributed by atoms with Gasteiger partial charge in [-0.25, -0.2) is 0 Å². The van der Waals surface area contributed by atoms with E-state index in [9.17, 15) is 14.9 Å². The van der Waals surface area contributed by atoms with Crippen LogP contribution in [0, 0.1) is 10.1 Å². The van der Waals surface area contributed by atoms with Crippen LogP contribution in [0.25, 0.3) is 0 Å². The van der Waals surface area contributed by atoms with E-state index in [4.69, 9.17) is 16.3 Å². The lowest BCUT2D eigenvalue weighted by Crippen LogP contribution is -2.40. The Hall–Kier alpha value is -2.60. The number of ether oxygens (including phenoxy) is 1.